The first-order chi connectivity index (χ1) is 14.3. The smallest absolute Gasteiger partial charge is 0.314 e. The van der Waals surface area contributed by atoms with Crippen LogP contribution in [0.3, 0.4) is 0 Å². The quantitative estimate of drug-likeness (QED) is 0.512. The highest BCUT2D eigenvalue weighted by molar-refractivity contribution is 6.31. The molecule has 2 aromatic carbocycles. The highest BCUT2D eigenvalue weighted by Gasteiger charge is 2.34. The van der Waals surface area contributed by atoms with Gasteiger partial charge in [0.2, 0.25) is 0 Å². The van der Waals surface area contributed by atoms with E-state index >= 15 is 0 Å². The normalized spacial score (nSPS) is 18.8. The van der Waals surface area contributed by atoms with Crippen LogP contribution in [0.2, 0.25) is 5.02 Å². The number of halogens is 2. The Morgan fingerprint density at radius 2 is 1.87 bits per heavy atom. The molecule has 3 atom stereocenters. The fraction of sp³-hybridized carbons (Fsp3) is 0.333. The van der Waals surface area contributed by atoms with Crippen LogP contribution in [-0.4, -0.2) is 24.5 Å². The van der Waals surface area contributed by atoms with Gasteiger partial charge in [-0.3, -0.25) is 9.59 Å². The summed E-state index contributed by atoms with van der Waals surface area (Å²) >= 11 is 5.78. The number of carbonyl (C=O) groups excluding carboxylic acids is 2. The average Bonchev–Trinajstić information content (AvgIpc) is 3.11. The number of ether oxygens (including phenoxy) is 1. The van der Waals surface area contributed by atoms with Crippen molar-refractivity contribution >= 4 is 23.5 Å². The molecule has 0 bridgehead atoms. The van der Waals surface area contributed by atoms with E-state index in [2.05, 4.69) is 11.4 Å². The second-order valence-electron chi connectivity index (χ2n) is 7.64. The molecule has 6 heteroatoms. The van der Waals surface area contributed by atoms with Crippen molar-refractivity contribution in [3.05, 3.63) is 81.6 Å². The van der Waals surface area contributed by atoms with Crippen molar-refractivity contribution in [2.24, 2.45) is 5.92 Å². The Labute approximate surface area is 181 Å². The Morgan fingerprint density at radius 1 is 1.17 bits per heavy atom. The molecule has 0 saturated heterocycles. The molecular formula is C24H25ClFNO3. The number of benzene rings is 2. The van der Waals surface area contributed by atoms with Crippen molar-refractivity contribution in [2.75, 3.05) is 6.61 Å². The number of carbonyl (C=O) groups is 2. The third-order valence-electron chi connectivity index (χ3n) is 5.19. The van der Waals surface area contributed by atoms with E-state index in [0.717, 1.165) is 16.7 Å². The van der Waals surface area contributed by atoms with Crippen LogP contribution >= 0.6 is 11.6 Å². The van der Waals surface area contributed by atoms with E-state index in [1.54, 1.807) is 6.92 Å². The lowest BCUT2D eigenvalue weighted by Crippen LogP contribution is -2.34. The Kier molecular flexibility index (Phi) is 6.93. The van der Waals surface area contributed by atoms with E-state index in [1.165, 1.54) is 18.2 Å². The first-order valence-electron chi connectivity index (χ1n) is 9.97. The molecule has 0 spiro atoms. The van der Waals surface area contributed by atoms with Crippen LogP contribution < -0.4 is 5.32 Å². The highest BCUT2D eigenvalue weighted by atomic mass is 35.5. The monoisotopic (exact) mass is 429 g/mol. The SMILES string of the molecule is CCOC(=O)C(c1cc(C)cc(C)c1)C1C=CC(NC(=O)c2ccc(F)c(Cl)c2)C1. The largest absolute Gasteiger partial charge is 0.466 e. The minimum absolute atomic E-state index is 0.0975. The van der Waals surface area contributed by atoms with Crippen molar-refractivity contribution in [3.8, 4) is 0 Å². The zero-order valence-corrected chi connectivity index (χ0v) is 18.0. The minimum atomic E-state index is -0.570. The molecule has 0 radical (unpaired) electrons. The number of esters is 1. The zero-order valence-electron chi connectivity index (χ0n) is 17.2. The molecule has 0 aliphatic heterocycles. The molecule has 0 heterocycles. The molecule has 1 aliphatic rings. The van der Waals surface area contributed by atoms with Gasteiger partial charge in [-0.2, -0.15) is 0 Å². The molecule has 30 heavy (non-hydrogen) atoms. The van der Waals surface area contributed by atoms with Gasteiger partial charge in [-0.1, -0.05) is 53.1 Å². The van der Waals surface area contributed by atoms with Gasteiger partial charge in [-0.15, -0.1) is 0 Å². The third-order valence-corrected chi connectivity index (χ3v) is 5.48. The lowest BCUT2D eigenvalue weighted by Gasteiger charge is -2.23. The summed E-state index contributed by atoms with van der Waals surface area (Å²) in [5.41, 5.74) is 3.37. The molecule has 0 fully saturated rings. The van der Waals surface area contributed by atoms with Gasteiger partial charge in [0.1, 0.15) is 5.82 Å². The second-order valence-corrected chi connectivity index (χ2v) is 8.05. The first kappa shape index (κ1) is 22.0. The molecule has 4 nitrogen and oxygen atoms in total. The van der Waals surface area contributed by atoms with E-state index in [4.69, 9.17) is 16.3 Å². The van der Waals surface area contributed by atoms with Gasteiger partial charge in [0.25, 0.3) is 5.91 Å². The third kappa shape index (κ3) is 5.08. The van der Waals surface area contributed by atoms with Gasteiger partial charge < -0.3 is 10.1 Å². The van der Waals surface area contributed by atoms with Crippen LogP contribution in [0.25, 0.3) is 0 Å². The van der Waals surface area contributed by atoms with Gasteiger partial charge in [0.05, 0.1) is 17.5 Å². The van der Waals surface area contributed by atoms with E-state index in [1.807, 2.05) is 38.1 Å². The predicted octanol–water partition coefficient (Wildman–Crippen LogP) is 5.12. The van der Waals surface area contributed by atoms with E-state index in [9.17, 15) is 14.0 Å². The van der Waals surface area contributed by atoms with Crippen LogP contribution in [0, 0.1) is 25.6 Å². The van der Waals surface area contributed by atoms with Crippen LogP contribution in [0.1, 0.15) is 46.3 Å². The first-order valence-corrected chi connectivity index (χ1v) is 10.4. The highest BCUT2D eigenvalue weighted by Crippen LogP contribution is 2.35. The van der Waals surface area contributed by atoms with Crippen LogP contribution in [0.5, 0.6) is 0 Å². The van der Waals surface area contributed by atoms with Gasteiger partial charge in [-0.05, 0) is 56.9 Å². The maximum absolute atomic E-state index is 13.3. The molecule has 1 aliphatic carbocycles. The Hall–Kier alpha value is -2.66. The summed E-state index contributed by atoms with van der Waals surface area (Å²) in [4.78, 5) is 25.3. The predicted molar refractivity (Wildman–Crippen MR) is 115 cm³/mol. The lowest BCUT2D eigenvalue weighted by molar-refractivity contribution is -0.146. The number of allylic oxidation sites excluding steroid dienone is 1. The molecule has 0 saturated carbocycles. The van der Waals surface area contributed by atoms with Gasteiger partial charge in [0, 0.05) is 11.6 Å². The summed E-state index contributed by atoms with van der Waals surface area (Å²) in [6.07, 6.45) is 4.42. The Balaban J connectivity index is 1.76. The van der Waals surface area contributed by atoms with Gasteiger partial charge in [-0.25, -0.2) is 4.39 Å². The Morgan fingerprint density at radius 3 is 2.50 bits per heavy atom. The lowest BCUT2D eigenvalue weighted by atomic mass is 9.84. The summed E-state index contributed by atoms with van der Waals surface area (Å²) in [6.45, 7) is 6.10. The number of aryl methyl sites for hydroxylation is 2. The maximum Gasteiger partial charge on any atom is 0.314 e. The Bertz CT molecular complexity index is 968. The summed E-state index contributed by atoms with van der Waals surface area (Å²) in [5, 5.41) is 2.82. The number of nitrogens with one attached hydrogen (secondary N) is 1. The van der Waals surface area contributed by atoms with Gasteiger partial charge >= 0.3 is 5.97 Å². The molecule has 3 rings (SSSR count). The minimum Gasteiger partial charge on any atom is -0.466 e. The number of hydrogen-bond acceptors (Lipinski definition) is 3. The molecule has 1 amide bonds. The summed E-state index contributed by atoms with van der Waals surface area (Å²) < 4.78 is 18.7. The molecule has 3 unspecified atom stereocenters. The van der Waals surface area contributed by atoms with E-state index in [-0.39, 0.29) is 34.4 Å². The number of rotatable bonds is 6. The second kappa shape index (κ2) is 9.43. The zero-order chi connectivity index (χ0) is 21.8. The van der Waals surface area contributed by atoms with Crippen molar-refractivity contribution in [1.82, 2.24) is 5.32 Å². The standard InChI is InChI=1S/C24H25ClFNO3/c1-4-30-24(29)22(18-10-14(2)9-15(3)11-18)16-5-7-19(12-16)27-23(28)17-6-8-21(26)20(25)13-17/h5-11,13,16,19,22H,4,12H2,1-3H3,(H,27,28). The van der Waals surface area contributed by atoms with E-state index < -0.39 is 11.7 Å². The van der Waals surface area contributed by atoms with Crippen LogP contribution in [0.4, 0.5) is 4.39 Å². The summed E-state index contributed by atoms with van der Waals surface area (Å²) in [7, 11) is 0. The summed E-state index contributed by atoms with van der Waals surface area (Å²) in [5.74, 6) is -1.73. The van der Waals surface area contributed by atoms with Crippen molar-refractivity contribution in [2.45, 2.75) is 39.2 Å². The fourth-order valence-corrected chi connectivity index (χ4v) is 4.13. The topological polar surface area (TPSA) is 55.4 Å². The molecule has 1 N–H and O–H groups in total. The van der Waals surface area contributed by atoms with Crippen molar-refractivity contribution < 1.29 is 18.7 Å². The number of amides is 1. The fourth-order valence-electron chi connectivity index (χ4n) is 3.95. The molecule has 0 aromatic heterocycles. The van der Waals surface area contributed by atoms with E-state index in [0.29, 0.717) is 13.0 Å². The average molecular weight is 430 g/mol. The number of hydrogen-bond donors (Lipinski definition) is 1. The van der Waals surface area contributed by atoms with Crippen LogP contribution in [0.15, 0.2) is 48.6 Å². The van der Waals surface area contributed by atoms with Crippen molar-refractivity contribution in [1.29, 1.82) is 0 Å². The maximum atomic E-state index is 13.3. The van der Waals surface area contributed by atoms with Crippen LogP contribution in [-0.2, 0) is 9.53 Å². The molecule has 158 valence electrons. The van der Waals surface area contributed by atoms with Gasteiger partial charge in [0.15, 0.2) is 0 Å². The molecule has 2 aromatic rings. The molecular weight excluding hydrogens is 405 g/mol. The van der Waals surface area contributed by atoms with Crippen molar-refractivity contribution in [3.63, 3.8) is 0 Å². The summed E-state index contributed by atoms with van der Waals surface area (Å²) in [6, 6.07) is 9.70.